The lowest BCUT2D eigenvalue weighted by Gasteiger charge is -2.13. The number of benzene rings is 1. The highest BCUT2D eigenvalue weighted by Gasteiger charge is 2.20. The lowest BCUT2D eigenvalue weighted by molar-refractivity contribution is 0.0701. The largest absolute Gasteiger partial charge is 0.497 e. The lowest BCUT2D eigenvalue weighted by atomic mass is 10.2. The Morgan fingerprint density at radius 1 is 1.20 bits per heavy atom. The molecule has 0 atom stereocenters. The second-order valence-corrected chi connectivity index (χ2v) is 6.35. The summed E-state index contributed by atoms with van der Waals surface area (Å²) in [4.78, 5) is 21.1. The van der Waals surface area contributed by atoms with Crippen LogP contribution in [0, 0.1) is 13.8 Å². The number of hydrogen-bond acceptors (Lipinski definition) is 7. The van der Waals surface area contributed by atoms with Gasteiger partial charge < -0.3 is 19.9 Å². The van der Waals surface area contributed by atoms with E-state index in [2.05, 4.69) is 15.3 Å². The Labute approximate surface area is 148 Å². The number of thiophene rings is 1. The first kappa shape index (κ1) is 17.0. The fourth-order valence-electron chi connectivity index (χ4n) is 2.57. The van der Waals surface area contributed by atoms with Crippen LogP contribution < -0.4 is 14.8 Å². The van der Waals surface area contributed by atoms with E-state index in [0.717, 1.165) is 11.3 Å². The summed E-state index contributed by atoms with van der Waals surface area (Å²) in [5.41, 5.74) is 1.34. The molecule has 2 heterocycles. The minimum Gasteiger partial charge on any atom is -0.497 e. The Hall–Kier alpha value is -2.87. The number of carbonyl (C=O) groups is 1. The Morgan fingerprint density at radius 2 is 1.96 bits per heavy atom. The molecule has 0 fully saturated rings. The van der Waals surface area contributed by atoms with E-state index >= 15 is 0 Å². The van der Waals surface area contributed by atoms with Crippen molar-refractivity contribution in [1.29, 1.82) is 0 Å². The summed E-state index contributed by atoms with van der Waals surface area (Å²) in [6.07, 6.45) is 0. The first-order valence-corrected chi connectivity index (χ1v) is 8.26. The van der Waals surface area contributed by atoms with Crippen LogP contribution in [0.2, 0.25) is 0 Å². The molecule has 0 radical (unpaired) electrons. The number of methoxy groups -OCH3 is 2. The van der Waals surface area contributed by atoms with Crippen LogP contribution in [0.25, 0.3) is 10.2 Å². The zero-order valence-corrected chi connectivity index (χ0v) is 15.0. The van der Waals surface area contributed by atoms with E-state index in [4.69, 9.17) is 9.47 Å². The third-order valence-electron chi connectivity index (χ3n) is 3.76. The summed E-state index contributed by atoms with van der Waals surface area (Å²) in [6.45, 7) is 3.53. The van der Waals surface area contributed by atoms with Crippen molar-refractivity contribution in [2.24, 2.45) is 0 Å². The fourth-order valence-corrected chi connectivity index (χ4v) is 3.63. The highest BCUT2D eigenvalue weighted by atomic mass is 32.1. The number of carboxylic acids is 1. The van der Waals surface area contributed by atoms with E-state index in [1.54, 1.807) is 40.2 Å². The standard InChI is InChI=1S/C17H17N3O4S/c1-8-13-15(18-9(2)19-16(13)25-14(8)17(21)22)20-11-6-5-10(23-3)7-12(11)24-4/h5-7H,1-4H3,(H,21,22)(H,18,19,20). The van der Waals surface area contributed by atoms with Gasteiger partial charge in [0, 0.05) is 6.07 Å². The van der Waals surface area contributed by atoms with Gasteiger partial charge >= 0.3 is 5.97 Å². The molecule has 0 aliphatic rings. The molecule has 0 unspecified atom stereocenters. The van der Waals surface area contributed by atoms with Crippen molar-refractivity contribution in [2.45, 2.75) is 13.8 Å². The van der Waals surface area contributed by atoms with Gasteiger partial charge in [-0.2, -0.15) is 0 Å². The summed E-state index contributed by atoms with van der Waals surface area (Å²) in [5.74, 6) is 1.40. The summed E-state index contributed by atoms with van der Waals surface area (Å²) < 4.78 is 10.6. The van der Waals surface area contributed by atoms with Crippen molar-refractivity contribution in [3.05, 3.63) is 34.5 Å². The number of hydrogen-bond donors (Lipinski definition) is 2. The molecule has 130 valence electrons. The average molecular weight is 359 g/mol. The molecule has 0 spiro atoms. The number of nitrogens with one attached hydrogen (secondary N) is 1. The minimum atomic E-state index is -0.967. The number of aromatic nitrogens is 2. The Morgan fingerprint density at radius 3 is 2.60 bits per heavy atom. The normalized spacial score (nSPS) is 10.7. The van der Waals surface area contributed by atoms with Gasteiger partial charge in [0.15, 0.2) is 0 Å². The highest BCUT2D eigenvalue weighted by Crippen LogP contribution is 2.37. The van der Waals surface area contributed by atoms with E-state index in [-0.39, 0.29) is 4.88 Å². The van der Waals surface area contributed by atoms with Crippen molar-refractivity contribution in [2.75, 3.05) is 19.5 Å². The van der Waals surface area contributed by atoms with Crippen LogP contribution in [0.4, 0.5) is 11.5 Å². The smallest absolute Gasteiger partial charge is 0.346 e. The molecule has 0 aliphatic carbocycles. The predicted molar refractivity (Wildman–Crippen MR) is 96.7 cm³/mol. The van der Waals surface area contributed by atoms with Crippen molar-refractivity contribution in [3.8, 4) is 11.5 Å². The molecule has 25 heavy (non-hydrogen) atoms. The zero-order valence-electron chi connectivity index (χ0n) is 14.2. The first-order valence-electron chi connectivity index (χ1n) is 7.44. The second-order valence-electron chi connectivity index (χ2n) is 5.35. The Balaban J connectivity index is 2.14. The van der Waals surface area contributed by atoms with Crippen LogP contribution in [-0.2, 0) is 0 Å². The molecule has 2 aromatic heterocycles. The van der Waals surface area contributed by atoms with Crippen LogP contribution >= 0.6 is 11.3 Å². The summed E-state index contributed by atoms with van der Waals surface area (Å²) in [6, 6.07) is 5.39. The van der Waals surface area contributed by atoms with Crippen molar-refractivity contribution < 1.29 is 19.4 Å². The number of fused-ring (bicyclic) bond motifs is 1. The van der Waals surface area contributed by atoms with Crippen LogP contribution in [0.15, 0.2) is 18.2 Å². The number of anilines is 2. The van der Waals surface area contributed by atoms with Crippen molar-refractivity contribution in [3.63, 3.8) is 0 Å². The maximum atomic E-state index is 11.4. The lowest BCUT2D eigenvalue weighted by Crippen LogP contribution is -2.01. The monoisotopic (exact) mass is 359 g/mol. The van der Waals surface area contributed by atoms with E-state index in [1.165, 1.54) is 0 Å². The SMILES string of the molecule is COc1ccc(Nc2nc(C)nc3sc(C(=O)O)c(C)c23)c(OC)c1. The van der Waals surface area contributed by atoms with Crippen molar-refractivity contribution in [1.82, 2.24) is 9.97 Å². The van der Waals surface area contributed by atoms with Crippen LogP contribution in [0.1, 0.15) is 21.1 Å². The molecule has 3 aromatic rings. The van der Waals surface area contributed by atoms with Crippen LogP contribution in [0.3, 0.4) is 0 Å². The Kier molecular flexibility index (Phi) is 4.45. The average Bonchev–Trinajstić information content (AvgIpc) is 2.92. The Bertz CT molecular complexity index is 968. The molecule has 3 rings (SSSR count). The van der Waals surface area contributed by atoms with Gasteiger partial charge in [-0.15, -0.1) is 11.3 Å². The third-order valence-corrected chi connectivity index (χ3v) is 4.93. The van der Waals surface area contributed by atoms with Gasteiger partial charge in [0.1, 0.15) is 32.8 Å². The number of aryl methyl sites for hydroxylation is 2. The zero-order chi connectivity index (χ0) is 18.1. The maximum absolute atomic E-state index is 11.4. The van der Waals surface area contributed by atoms with E-state index < -0.39 is 5.97 Å². The summed E-state index contributed by atoms with van der Waals surface area (Å²) in [7, 11) is 3.15. The van der Waals surface area contributed by atoms with Gasteiger partial charge in [-0.25, -0.2) is 14.8 Å². The number of nitrogens with zero attached hydrogens (tertiary/aromatic N) is 2. The number of ether oxygens (including phenoxy) is 2. The van der Waals surface area contributed by atoms with Crippen molar-refractivity contribution >= 4 is 39.0 Å². The topological polar surface area (TPSA) is 93.6 Å². The second kappa shape index (κ2) is 6.56. The minimum absolute atomic E-state index is 0.264. The molecule has 7 nitrogen and oxygen atoms in total. The molecular formula is C17H17N3O4S. The summed E-state index contributed by atoms with van der Waals surface area (Å²) >= 11 is 1.15. The quantitative estimate of drug-likeness (QED) is 0.716. The maximum Gasteiger partial charge on any atom is 0.346 e. The fraction of sp³-hybridized carbons (Fsp3) is 0.235. The van der Waals surface area contributed by atoms with Gasteiger partial charge in [-0.3, -0.25) is 0 Å². The molecule has 2 N–H and O–H groups in total. The molecule has 8 heteroatoms. The number of rotatable bonds is 5. The van der Waals surface area contributed by atoms with E-state index in [0.29, 0.717) is 44.6 Å². The van der Waals surface area contributed by atoms with Gasteiger partial charge in [-0.1, -0.05) is 0 Å². The third kappa shape index (κ3) is 3.08. The van der Waals surface area contributed by atoms with Gasteiger partial charge in [0.05, 0.1) is 25.3 Å². The molecular weight excluding hydrogens is 342 g/mol. The highest BCUT2D eigenvalue weighted by molar-refractivity contribution is 7.20. The summed E-state index contributed by atoms with van der Waals surface area (Å²) in [5, 5.41) is 13.3. The van der Waals surface area contributed by atoms with Crippen LogP contribution in [-0.4, -0.2) is 35.3 Å². The van der Waals surface area contributed by atoms with E-state index in [1.807, 2.05) is 6.07 Å². The van der Waals surface area contributed by atoms with E-state index in [9.17, 15) is 9.90 Å². The predicted octanol–water partition coefficient (Wildman–Crippen LogP) is 3.77. The molecule has 1 aromatic carbocycles. The van der Waals surface area contributed by atoms with Gasteiger partial charge in [0.2, 0.25) is 0 Å². The number of aromatic carboxylic acids is 1. The molecule has 0 amide bonds. The molecule has 0 bridgehead atoms. The first-order chi connectivity index (χ1) is 11.9. The number of carboxylic acid groups (broad SMARTS) is 1. The van der Waals surface area contributed by atoms with Crippen LogP contribution in [0.5, 0.6) is 11.5 Å². The molecule has 0 saturated carbocycles. The molecule has 0 aliphatic heterocycles. The molecule has 0 saturated heterocycles. The van der Waals surface area contributed by atoms with Gasteiger partial charge in [0.25, 0.3) is 0 Å². The van der Waals surface area contributed by atoms with Gasteiger partial charge in [-0.05, 0) is 31.5 Å².